The number of Topliss-reactive ketones (excluding diaryl/α,β-unsaturated/α-hetero) is 1. The molecular formula is C11H12OS2. The summed E-state index contributed by atoms with van der Waals surface area (Å²) in [7, 11) is 0. The second-order valence-electron chi connectivity index (χ2n) is 4.00. The van der Waals surface area contributed by atoms with Gasteiger partial charge in [-0.3, -0.25) is 4.79 Å². The minimum Gasteiger partial charge on any atom is -0.293 e. The van der Waals surface area contributed by atoms with Crippen LogP contribution in [-0.4, -0.2) is 11.5 Å². The molecule has 0 saturated heterocycles. The Morgan fingerprint density at radius 2 is 2.29 bits per heavy atom. The van der Waals surface area contributed by atoms with Gasteiger partial charge in [0.05, 0.1) is 4.88 Å². The standard InChI is InChI=1S/C11H12OS2/c12-11(7-1-2-7)10-5-8-6-13-4-3-9(8)14-10/h5,7H,1-4,6H2. The molecule has 2 aliphatic rings. The normalized spacial score (nSPS) is 20.6. The van der Waals surface area contributed by atoms with Crippen LogP contribution in [0.3, 0.4) is 0 Å². The Balaban J connectivity index is 1.91. The second-order valence-corrected chi connectivity index (χ2v) is 6.24. The molecule has 1 aromatic heterocycles. The van der Waals surface area contributed by atoms with Crippen LogP contribution < -0.4 is 0 Å². The number of hydrogen-bond donors (Lipinski definition) is 0. The van der Waals surface area contributed by atoms with Crippen LogP contribution in [0.1, 0.15) is 33.0 Å². The molecule has 74 valence electrons. The van der Waals surface area contributed by atoms with Gasteiger partial charge in [0.2, 0.25) is 0 Å². The largest absolute Gasteiger partial charge is 0.293 e. The highest BCUT2D eigenvalue weighted by Gasteiger charge is 2.32. The second kappa shape index (κ2) is 3.38. The molecule has 0 amide bonds. The number of aryl methyl sites for hydroxylation is 1. The Labute approximate surface area is 91.9 Å². The van der Waals surface area contributed by atoms with Crippen LogP contribution in [0, 0.1) is 5.92 Å². The zero-order chi connectivity index (χ0) is 9.54. The van der Waals surface area contributed by atoms with E-state index in [-0.39, 0.29) is 0 Å². The molecular weight excluding hydrogens is 212 g/mol. The summed E-state index contributed by atoms with van der Waals surface area (Å²) in [6.45, 7) is 0. The maximum atomic E-state index is 11.8. The smallest absolute Gasteiger partial charge is 0.175 e. The van der Waals surface area contributed by atoms with E-state index in [0.29, 0.717) is 11.7 Å². The molecule has 3 rings (SSSR count). The van der Waals surface area contributed by atoms with E-state index in [9.17, 15) is 4.79 Å². The zero-order valence-corrected chi connectivity index (χ0v) is 9.55. The van der Waals surface area contributed by atoms with Gasteiger partial charge >= 0.3 is 0 Å². The first-order valence-electron chi connectivity index (χ1n) is 5.08. The molecule has 0 radical (unpaired) electrons. The van der Waals surface area contributed by atoms with E-state index >= 15 is 0 Å². The molecule has 3 heteroatoms. The molecule has 14 heavy (non-hydrogen) atoms. The molecule has 0 bridgehead atoms. The fraction of sp³-hybridized carbons (Fsp3) is 0.545. The molecule has 1 saturated carbocycles. The summed E-state index contributed by atoms with van der Waals surface area (Å²) in [5.41, 5.74) is 1.43. The number of thiophene rings is 1. The minimum absolute atomic E-state index is 0.378. The summed E-state index contributed by atoms with van der Waals surface area (Å²) >= 11 is 3.73. The topological polar surface area (TPSA) is 17.1 Å². The van der Waals surface area contributed by atoms with Gasteiger partial charge in [-0.05, 0) is 36.6 Å². The van der Waals surface area contributed by atoms with Crippen molar-refractivity contribution in [2.24, 2.45) is 5.92 Å². The van der Waals surface area contributed by atoms with Crippen molar-refractivity contribution in [2.75, 3.05) is 5.75 Å². The van der Waals surface area contributed by atoms with Crippen molar-refractivity contribution in [3.8, 4) is 0 Å². The molecule has 1 aliphatic carbocycles. The van der Waals surface area contributed by atoms with Gasteiger partial charge in [0.15, 0.2) is 5.78 Å². The Morgan fingerprint density at radius 1 is 1.43 bits per heavy atom. The number of rotatable bonds is 2. The van der Waals surface area contributed by atoms with Gasteiger partial charge in [0.25, 0.3) is 0 Å². The number of carbonyl (C=O) groups is 1. The lowest BCUT2D eigenvalue weighted by atomic mass is 10.2. The number of hydrogen-bond acceptors (Lipinski definition) is 3. The third kappa shape index (κ3) is 1.52. The molecule has 1 aromatic rings. The summed E-state index contributed by atoms with van der Waals surface area (Å²) in [5.74, 6) is 3.13. The predicted octanol–water partition coefficient (Wildman–Crippen LogP) is 3.13. The Bertz CT molecular complexity index is 353. The number of ketones is 1. The molecule has 0 spiro atoms. The van der Waals surface area contributed by atoms with Gasteiger partial charge in [0, 0.05) is 16.5 Å². The summed E-state index contributed by atoms with van der Waals surface area (Å²) in [6, 6.07) is 2.15. The van der Waals surface area contributed by atoms with Crippen LogP contribution in [-0.2, 0) is 12.2 Å². The van der Waals surface area contributed by atoms with E-state index in [2.05, 4.69) is 6.07 Å². The van der Waals surface area contributed by atoms with Gasteiger partial charge in [-0.2, -0.15) is 11.8 Å². The number of fused-ring (bicyclic) bond motifs is 1. The lowest BCUT2D eigenvalue weighted by Gasteiger charge is -2.08. The zero-order valence-electron chi connectivity index (χ0n) is 7.91. The molecule has 0 atom stereocenters. The van der Waals surface area contributed by atoms with Crippen molar-refractivity contribution >= 4 is 28.9 Å². The minimum atomic E-state index is 0.378. The van der Waals surface area contributed by atoms with E-state index in [1.54, 1.807) is 11.3 Å². The molecule has 0 aromatic carbocycles. The summed E-state index contributed by atoms with van der Waals surface area (Å²) < 4.78 is 0. The molecule has 1 aliphatic heterocycles. The van der Waals surface area contributed by atoms with Crippen LogP contribution >= 0.6 is 23.1 Å². The van der Waals surface area contributed by atoms with Crippen molar-refractivity contribution < 1.29 is 4.79 Å². The van der Waals surface area contributed by atoms with Crippen molar-refractivity contribution in [1.82, 2.24) is 0 Å². The van der Waals surface area contributed by atoms with E-state index in [4.69, 9.17) is 0 Å². The lowest BCUT2D eigenvalue weighted by Crippen LogP contribution is -1.97. The third-order valence-electron chi connectivity index (χ3n) is 2.82. The van der Waals surface area contributed by atoms with Gasteiger partial charge in [-0.1, -0.05) is 0 Å². The van der Waals surface area contributed by atoms with E-state index in [1.807, 2.05) is 11.8 Å². The Morgan fingerprint density at radius 3 is 3.00 bits per heavy atom. The van der Waals surface area contributed by atoms with Crippen LogP contribution in [0.2, 0.25) is 0 Å². The first kappa shape index (κ1) is 8.98. The SMILES string of the molecule is O=C(c1cc2c(s1)CCSC2)C1CC1. The summed E-state index contributed by atoms with van der Waals surface area (Å²) in [4.78, 5) is 14.3. The van der Waals surface area contributed by atoms with Crippen molar-refractivity contribution in [3.63, 3.8) is 0 Å². The quantitative estimate of drug-likeness (QED) is 0.718. The van der Waals surface area contributed by atoms with Crippen LogP contribution in [0.25, 0.3) is 0 Å². The first-order valence-corrected chi connectivity index (χ1v) is 7.05. The van der Waals surface area contributed by atoms with Crippen molar-refractivity contribution in [2.45, 2.75) is 25.0 Å². The molecule has 0 unspecified atom stereocenters. The summed E-state index contributed by atoms with van der Waals surface area (Å²) in [5, 5.41) is 0. The van der Waals surface area contributed by atoms with Crippen LogP contribution in [0.5, 0.6) is 0 Å². The van der Waals surface area contributed by atoms with Gasteiger partial charge in [-0.15, -0.1) is 11.3 Å². The third-order valence-corrected chi connectivity index (χ3v) is 5.08. The van der Waals surface area contributed by atoms with Crippen molar-refractivity contribution in [3.05, 3.63) is 21.4 Å². The van der Waals surface area contributed by atoms with Crippen LogP contribution in [0.15, 0.2) is 6.07 Å². The van der Waals surface area contributed by atoms with E-state index < -0.39 is 0 Å². The molecule has 0 N–H and O–H groups in total. The van der Waals surface area contributed by atoms with E-state index in [0.717, 1.165) is 23.5 Å². The molecule has 1 fully saturated rings. The monoisotopic (exact) mass is 224 g/mol. The molecule has 2 heterocycles. The lowest BCUT2D eigenvalue weighted by molar-refractivity contribution is 0.0971. The average molecular weight is 224 g/mol. The van der Waals surface area contributed by atoms with Crippen LogP contribution in [0.4, 0.5) is 0 Å². The van der Waals surface area contributed by atoms with Gasteiger partial charge in [-0.25, -0.2) is 0 Å². The summed E-state index contributed by atoms with van der Waals surface area (Å²) in [6.07, 6.45) is 3.41. The van der Waals surface area contributed by atoms with Gasteiger partial charge < -0.3 is 0 Å². The maximum absolute atomic E-state index is 11.8. The predicted molar refractivity (Wildman–Crippen MR) is 61.2 cm³/mol. The highest BCUT2D eigenvalue weighted by molar-refractivity contribution is 7.98. The maximum Gasteiger partial charge on any atom is 0.175 e. The molecule has 1 nitrogen and oxygen atoms in total. The highest BCUT2D eigenvalue weighted by atomic mass is 32.2. The Hall–Kier alpha value is -0.280. The van der Waals surface area contributed by atoms with Gasteiger partial charge in [0.1, 0.15) is 0 Å². The van der Waals surface area contributed by atoms with Crippen molar-refractivity contribution in [1.29, 1.82) is 0 Å². The fourth-order valence-electron chi connectivity index (χ4n) is 1.82. The first-order chi connectivity index (χ1) is 6.84. The Kier molecular flexibility index (Phi) is 2.17. The average Bonchev–Trinajstić information content (AvgIpc) is 2.95. The fourth-order valence-corrected chi connectivity index (χ4v) is 4.21. The highest BCUT2D eigenvalue weighted by Crippen LogP contribution is 2.37. The number of thioether (sulfide) groups is 1. The number of carbonyl (C=O) groups excluding carboxylic acids is 1. The van der Waals surface area contributed by atoms with E-state index in [1.165, 1.54) is 22.6 Å².